The predicted molar refractivity (Wildman–Crippen MR) is 113 cm³/mol. The summed E-state index contributed by atoms with van der Waals surface area (Å²) in [5.41, 5.74) is 4.68. The van der Waals surface area contributed by atoms with E-state index in [1.807, 2.05) is 56.3 Å². The molecule has 0 radical (unpaired) electrons. The molecule has 5 nitrogen and oxygen atoms in total. The van der Waals surface area contributed by atoms with Crippen molar-refractivity contribution in [3.05, 3.63) is 83.2 Å². The van der Waals surface area contributed by atoms with Gasteiger partial charge in [-0.2, -0.15) is 0 Å². The van der Waals surface area contributed by atoms with Gasteiger partial charge in [-0.25, -0.2) is 9.97 Å². The summed E-state index contributed by atoms with van der Waals surface area (Å²) >= 11 is 0. The average Bonchev–Trinajstić information content (AvgIpc) is 2.70. The highest BCUT2D eigenvalue weighted by molar-refractivity contribution is 5.92. The van der Waals surface area contributed by atoms with Gasteiger partial charge >= 0.3 is 0 Å². The lowest BCUT2D eigenvalue weighted by Crippen LogP contribution is -2.27. The molecule has 1 atom stereocenters. The van der Waals surface area contributed by atoms with Crippen molar-refractivity contribution in [3.8, 4) is 0 Å². The normalized spacial score (nSPS) is 11.9. The molecule has 2 aromatic carbocycles. The van der Waals surface area contributed by atoms with Crippen molar-refractivity contribution >= 4 is 17.5 Å². The molecule has 1 unspecified atom stereocenters. The number of rotatable bonds is 6. The van der Waals surface area contributed by atoms with Crippen LogP contribution in [0.4, 0.5) is 11.6 Å². The van der Waals surface area contributed by atoms with E-state index >= 15 is 0 Å². The number of hydrogen-bond acceptors (Lipinski definition) is 4. The SMILES string of the molecule is Cc1cccc(C(C)C)c1Nc1nccc(C(=O)NC(C)c2ccccc2)n1. The summed E-state index contributed by atoms with van der Waals surface area (Å²) in [6, 6.07) is 17.6. The van der Waals surface area contributed by atoms with Gasteiger partial charge in [-0.3, -0.25) is 4.79 Å². The predicted octanol–water partition coefficient (Wildman–Crippen LogP) is 5.14. The molecule has 2 N–H and O–H groups in total. The van der Waals surface area contributed by atoms with Crippen LogP contribution in [0.2, 0.25) is 0 Å². The molecule has 28 heavy (non-hydrogen) atoms. The Bertz CT molecular complexity index is 954. The van der Waals surface area contributed by atoms with E-state index in [0.29, 0.717) is 17.6 Å². The van der Waals surface area contributed by atoms with E-state index < -0.39 is 0 Å². The van der Waals surface area contributed by atoms with E-state index in [0.717, 1.165) is 16.8 Å². The zero-order chi connectivity index (χ0) is 20.1. The fraction of sp³-hybridized carbons (Fsp3) is 0.261. The van der Waals surface area contributed by atoms with Gasteiger partial charge in [0.2, 0.25) is 5.95 Å². The quantitative estimate of drug-likeness (QED) is 0.627. The topological polar surface area (TPSA) is 66.9 Å². The molecule has 0 aliphatic carbocycles. The number of nitrogens with zero attached hydrogens (tertiary/aromatic N) is 2. The molecule has 0 spiro atoms. The minimum atomic E-state index is -0.226. The van der Waals surface area contributed by atoms with Gasteiger partial charge in [-0.15, -0.1) is 0 Å². The lowest BCUT2D eigenvalue weighted by Gasteiger charge is -2.17. The number of aryl methyl sites for hydroxylation is 1. The van der Waals surface area contributed by atoms with Gasteiger partial charge < -0.3 is 10.6 Å². The molecule has 0 bridgehead atoms. The van der Waals surface area contributed by atoms with Crippen molar-refractivity contribution < 1.29 is 4.79 Å². The summed E-state index contributed by atoms with van der Waals surface area (Å²) in [4.78, 5) is 21.4. The number of carbonyl (C=O) groups excluding carboxylic acids is 1. The van der Waals surface area contributed by atoms with E-state index in [2.05, 4.69) is 40.5 Å². The van der Waals surface area contributed by atoms with Gasteiger partial charge in [-0.1, -0.05) is 62.4 Å². The van der Waals surface area contributed by atoms with E-state index in [1.165, 1.54) is 5.56 Å². The summed E-state index contributed by atoms with van der Waals surface area (Å²) in [6.45, 7) is 8.30. The van der Waals surface area contributed by atoms with E-state index in [1.54, 1.807) is 12.3 Å². The maximum atomic E-state index is 12.6. The Morgan fingerprint density at radius 1 is 0.964 bits per heavy atom. The molecule has 3 rings (SSSR count). The molecule has 1 heterocycles. The van der Waals surface area contributed by atoms with Gasteiger partial charge in [0.25, 0.3) is 5.91 Å². The van der Waals surface area contributed by atoms with E-state index in [9.17, 15) is 4.79 Å². The summed E-state index contributed by atoms with van der Waals surface area (Å²) < 4.78 is 0. The number of nitrogens with one attached hydrogen (secondary N) is 2. The van der Waals surface area contributed by atoms with Gasteiger partial charge in [0.1, 0.15) is 5.69 Å². The van der Waals surface area contributed by atoms with Crippen molar-refractivity contribution in [2.75, 3.05) is 5.32 Å². The third-order valence-electron chi connectivity index (χ3n) is 4.70. The summed E-state index contributed by atoms with van der Waals surface area (Å²) in [5.74, 6) is 0.549. The lowest BCUT2D eigenvalue weighted by atomic mass is 9.98. The van der Waals surface area contributed by atoms with Gasteiger partial charge in [0.05, 0.1) is 6.04 Å². The van der Waals surface area contributed by atoms with E-state index in [-0.39, 0.29) is 11.9 Å². The number of amides is 1. The Morgan fingerprint density at radius 2 is 1.71 bits per heavy atom. The molecule has 1 amide bonds. The summed E-state index contributed by atoms with van der Waals surface area (Å²) in [5, 5.41) is 6.29. The standard InChI is InChI=1S/C23H26N4O/c1-15(2)19-12-8-9-16(3)21(19)27-23-24-14-13-20(26-23)22(28)25-17(4)18-10-6-5-7-11-18/h5-15,17H,1-4H3,(H,25,28)(H,24,26,27). The minimum absolute atomic E-state index is 0.107. The molecule has 0 aliphatic heterocycles. The Balaban J connectivity index is 1.79. The van der Waals surface area contributed by atoms with Gasteiger partial charge in [0.15, 0.2) is 0 Å². The second-order valence-electron chi connectivity index (χ2n) is 7.19. The lowest BCUT2D eigenvalue weighted by molar-refractivity contribution is 0.0935. The third kappa shape index (κ3) is 4.55. The molecule has 0 fully saturated rings. The van der Waals surface area contributed by atoms with Crippen LogP contribution in [0.5, 0.6) is 0 Å². The summed E-state index contributed by atoms with van der Waals surface area (Å²) in [7, 11) is 0. The third-order valence-corrected chi connectivity index (χ3v) is 4.70. The molecular formula is C23H26N4O. The fourth-order valence-electron chi connectivity index (χ4n) is 3.10. The first kappa shape index (κ1) is 19.5. The van der Waals surface area contributed by atoms with Crippen LogP contribution in [0, 0.1) is 6.92 Å². The first-order valence-corrected chi connectivity index (χ1v) is 9.51. The van der Waals surface area contributed by atoms with Crippen LogP contribution in [-0.4, -0.2) is 15.9 Å². The smallest absolute Gasteiger partial charge is 0.270 e. The zero-order valence-corrected chi connectivity index (χ0v) is 16.7. The molecular weight excluding hydrogens is 348 g/mol. The van der Waals surface area contributed by atoms with Crippen molar-refractivity contribution in [3.63, 3.8) is 0 Å². The van der Waals surface area contributed by atoms with Crippen LogP contribution in [0.1, 0.15) is 59.9 Å². The largest absolute Gasteiger partial charge is 0.344 e. The molecule has 0 saturated heterocycles. The molecule has 5 heteroatoms. The van der Waals surface area contributed by atoms with Crippen LogP contribution in [0.15, 0.2) is 60.8 Å². The van der Waals surface area contributed by atoms with Crippen LogP contribution in [0.25, 0.3) is 0 Å². The highest BCUT2D eigenvalue weighted by Gasteiger charge is 2.15. The van der Waals surface area contributed by atoms with Crippen LogP contribution in [0.3, 0.4) is 0 Å². The Labute approximate surface area is 166 Å². The minimum Gasteiger partial charge on any atom is -0.344 e. The number of hydrogen-bond donors (Lipinski definition) is 2. The molecule has 0 saturated carbocycles. The number of aromatic nitrogens is 2. The van der Waals surface area contributed by atoms with Crippen molar-refractivity contribution in [2.45, 2.75) is 39.7 Å². The maximum absolute atomic E-state index is 12.6. The molecule has 1 aromatic heterocycles. The number of carbonyl (C=O) groups is 1. The van der Waals surface area contributed by atoms with Gasteiger partial charge in [-0.05, 0) is 42.5 Å². The van der Waals surface area contributed by atoms with Crippen LogP contribution >= 0.6 is 0 Å². The molecule has 3 aromatic rings. The van der Waals surface area contributed by atoms with Crippen molar-refractivity contribution in [1.82, 2.24) is 15.3 Å². The fourth-order valence-corrected chi connectivity index (χ4v) is 3.10. The Kier molecular flexibility index (Phi) is 6.04. The molecule has 144 valence electrons. The van der Waals surface area contributed by atoms with E-state index in [4.69, 9.17) is 0 Å². The number of anilines is 2. The first-order valence-electron chi connectivity index (χ1n) is 9.51. The Morgan fingerprint density at radius 3 is 2.43 bits per heavy atom. The highest BCUT2D eigenvalue weighted by Crippen LogP contribution is 2.29. The summed E-state index contributed by atoms with van der Waals surface area (Å²) in [6.07, 6.45) is 1.60. The van der Waals surface area contributed by atoms with Crippen LogP contribution < -0.4 is 10.6 Å². The number of benzene rings is 2. The number of para-hydroxylation sites is 1. The average molecular weight is 374 g/mol. The first-order chi connectivity index (χ1) is 13.5. The monoisotopic (exact) mass is 374 g/mol. The maximum Gasteiger partial charge on any atom is 0.270 e. The Hall–Kier alpha value is -3.21. The second-order valence-corrected chi connectivity index (χ2v) is 7.19. The van der Waals surface area contributed by atoms with Gasteiger partial charge in [0, 0.05) is 11.9 Å². The second kappa shape index (κ2) is 8.65. The van der Waals surface area contributed by atoms with Crippen molar-refractivity contribution in [2.24, 2.45) is 0 Å². The van der Waals surface area contributed by atoms with Crippen LogP contribution in [-0.2, 0) is 0 Å². The highest BCUT2D eigenvalue weighted by atomic mass is 16.1. The zero-order valence-electron chi connectivity index (χ0n) is 16.7. The molecule has 0 aliphatic rings. The van der Waals surface area contributed by atoms with Crippen molar-refractivity contribution in [1.29, 1.82) is 0 Å².